The Morgan fingerprint density at radius 3 is 2.12 bits per heavy atom. The fourth-order valence-electron chi connectivity index (χ4n) is 1.99. The highest BCUT2D eigenvalue weighted by atomic mass is 19.4. The molecule has 8 heteroatoms. The summed E-state index contributed by atoms with van der Waals surface area (Å²) in [6.45, 7) is 0. The minimum atomic E-state index is -4.78. The van der Waals surface area contributed by atoms with Gasteiger partial charge in [-0.3, -0.25) is 9.59 Å². The van der Waals surface area contributed by atoms with Crippen LogP contribution in [0.1, 0.15) is 15.9 Å². The Bertz CT molecular complexity index is 741. The second-order valence-electron chi connectivity index (χ2n) is 5.07. The molecule has 2 amide bonds. The van der Waals surface area contributed by atoms with Crippen LogP contribution in [0, 0.1) is 0 Å². The van der Waals surface area contributed by atoms with Crippen LogP contribution in [0.4, 0.5) is 18.9 Å². The van der Waals surface area contributed by atoms with Crippen molar-refractivity contribution in [2.24, 2.45) is 0 Å². The molecule has 0 aromatic heterocycles. The maximum Gasteiger partial charge on any atom is 0.573 e. The van der Waals surface area contributed by atoms with E-state index < -0.39 is 18.0 Å². The molecular formula is C17H15F3N2O3. The summed E-state index contributed by atoms with van der Waals surface area (Å²) >= 11 is 0. The molecule has 2 N–H and O–H groups in total. The Morgan fingerprint density at radius 1 is 1.00 bits per heavy atom. The van der Waals surface area contributed by atoms with E-state index in [9.17, 15) is 22.8 Å². The number of carbonyl (C=O) groups excluding carboxylic acids is 2. The maximum atomic E-state index is 12.1. The predicted octanol–water partition coefficient (Wildman–Crippen LogP) is 3.13. The molecule has 0 aliphatic heterocycles. The van der Waals surface area contributed by atoms with Crippen molar-refractivity contribution in [2.45, 2.75) is 12.8 Å². The van der Waals surface area contributed by atoms with Crippen molar-refractivity contribution >= 4 is 17.5 Å². The van der Waals surface area contributed by atoms with Crippen molar-refractivity contribution in [3.05, 3.63) is 59.7 Å². The van der Waals surface area contributed by atoms with Gasteiger partial charge in [0.1, 0.15) is 5.75 Å². The minimum absolute atomic E-state index is 0.127. The highest BCUT2D eigenvalue weighted by Gasteiger charge is 2.31. The fourth-order valence-corrected chi connectivity index (χ4v) is 1.99. The van der Waals surface area contributed by atoms with Gasteiger partial charge in [0.05, 0.1) is 6.42 Å². The quantitative estimate of drug-likeness (QED) is 0.869. The van der Waals surface area contributed by atoms with Crippen LogP contribution in [0.2, 0.25) is 0 Å². The predicted molar refractivity (Wildman–Crippen MR) is 85.3 cm³/mol. The lowest BCUT2D eigenvalue weighted by atomic mass is 10.1. The normalized spacial score (nSPS) is 10.9. The molecular weight excluding hydrogens is 337 g/mol. The van der Waals surface area contributed by atoms with Crippen molar-refractivity contribution in [3.63, 3.8) is 0 Å². The third kappa shape index (κ3) is 5.83. The van der Waals surface area contributed by atoms with Gasteiger partial charge in [-0.25, -0.2) is 0 Å². The Hall–Kier alpha value is -3.03. The van der Waals surface area contributed by atoms with Gasteiger partial charge in [0, 0.05) is 18.3 Å². The Labute approximate surface area is 141 Å². The van der Waals surface area contributed by atoms with Crippen molar-refractivity contribution in [3.8, 4) is 5.75 Å². The van der Waals surface area contributed by atoms with Gasteiger partial charge < -0.3 is 15.4 Å². The van der Waals surface area contributed by atoms with Gasteiger partial charge in [-0.05, 0) is 42.0 Å². The molecule has 0 saturated heterocycles. The van der Waals surface area contributed by atoms with Crippen molar-refractivity contribution in [1.82, 2.24) is 5.32 Å². The average molecular weight is 352 g/mol. The first-order valence-corrected chi connectivity index (χ1v) is 7.23. The molecule has 0 fully saturated rings. The second kappa shape index (κ2) is 7.69. The van der Waals surface area contributed by atoms with Gasteiger partial charge in [0.2, 0.25) is 5.91 Å². The molecule has 0 heterocycles. The Balaban J connectivity index is 1.98. The van der Waals surface area contributed by atoms with E-state index in [0.717, 1.165) is 17.7 Å². The number of carbonyl (C=O) groups is 2. The molecule has 0 unspecified atom stereocenters. The largest absolute Gasteiger partial charge is 0.573 e. The molecule has 132 valence electrons. The first-order chi connectivity index (χ1) is 11.8. The average Bonchev–Trinajstić information content (AvgIpc) is 2.55. The van der Waals surface area contributed by atoms with E-state index in [2.05, 4.69) is 15.4 Å². The molecule has 25 heavy (non-hydrogen) atoms. The zero-order valence-corrected chi connectivity index (χ0v) is 13.2. The van der Waals surface area contributed by atoms with Crippen LogP contribution in [0.15, 0.2) is 48.5 Å². The molecule has 0 bridgehead atoms. The number of amides is 2. The number of nitrogens with one attached hydrogen (secondary N) is 2. The molecule has 0 radical (unpaired) electrons. The van der Waals surface area contributed by atoms with E-state index in [1.54, 1.807) is 31.3 Å². The van der Waals surface area contributed by atoms with Gasteiger partial charge in [-0.1, -0.05) is 12.1 Å². The number of alkyl halides is 3. The summed E-state index contributed by atoms with van der Waals surface area (Å²) in [4.78, 5) is 23.4. The lowest BCUT2D eigenvalue weighted by Crippen LogP contribution is -2.19. The third-order valence-electron chi connectivity index (χ3n) is 3.21. The number of likely N-dealkylation sites (N-methyl/N-ethyl adjacent to an activating group) is 1. The van der Waals surface area contributed by atoms with Crippen LogP contribution in [-0.2, 0) is 11.2 Å². The lowest BCUT2D eigenvalue weighted by molar-refractivity contribution is -0.274. The molecule has 5 nitrogen and oxygen atoms in total. The highest BCUT2D eigenvalue weighted by Crippen LogP contribution is 2.23. The van der Waals surface area contributed by atoms with Gasteiger partial charge in [0.25, 0.3) is 5.91 Å². The number of halogens is 3. The number of benzene rings is 2. The third-order valence-corrected chi connectivity index (χ3v) is 3.21. The molecule has 0 atom stereocenters. The van der Waals surface area contributed by atoms with Crippen molar-refractivity contribution in [2.75, 3.05) is 12.4 Å². The SMILES string of the molecule is CNC(=O)Cc1ccc(NC(=O)c2ccc(OC(F)(F)F)cc2)cc1. The summed E-state index contributed by atoms with van der Waals surface area (Å²) in [5.41, 5.74) is 1.47. The van der Waals surface area contributed by atoms with Crippen LogP contribution in [0.25, 0.3) is 0 Å². The van der Waals surface area contributed by atoms with Gasteiger partial charge in [-0.2, -0.15) is 0 Å². The first-order valence-electron chi connectivity index (χ1n) is 7.23. The van der Waals surface area contributed by atoms with E-state index >= 15 is 0 Å². The summed E-state index contributed by atoms with van der Waals surface area (Å²) in [7, 11) is 1.54. The number of anilines is 1. The lowest BCUT2D eigenvalue weighted by Gasteiger charge is -2.10. The minimum Gasteiger partial charge on any atom is -0.406 e. The van der Waals surface area contributed by atoms with Crippen LogP contribution < -0.4 is 15.4 Å². The zero-order valence-electron chi connectivity index (χ0n) is 13.2. The van der Waals surface area contributed by atoms with E-state index in [4.69, 9.17) is 0 Å². The van der Waals surface area contributed by atoms with E-state index in [0.29, 0.717) is 5.69 Å². The summed E-state index contributed by atoms with van der Waals surface area (Å²) < 4.78 is 40.0. The topological polar surface area (TPSA) is 67.4 Å². The number of ether oxygens (including phenoxy) is 1. The standard InChI is InChI=1S/C17H15F3N2O3/c1-21-15(23)10-11-2-6-13(7-3-11)22-16(24)12-4-8-14(9-5-12)25-17(18,19)20/h2-9H,10H2,1H3,(H,21,23)(H,22,24). The first kappa shape index (κ1) is 18.3. The molecule has 0 saturated carbocycles. The number of hydrogen-bond acceptors (Lipinski definition) is 3. The van der Waals surface area contributed by atoms with Gasteiger partial charge >= 0.3 is 6.36 Å². The van der Waals surface area contributed by atoms with E-state index in [1.807, 2.05) is 0 Å². The molecule has 0 aliphatic carbocycles. The molecule has 2 aromatic carbocycles. The summed E-state index contributed by atoms with van der Waals surface area (Å²) in [5, 5.41) is 5.13. The van der Waals surface area contributed by atoms with E-state index in [-0.39, 0.29) is 17.9 Å². The van der Waals surface area contributed by atoms with Gasteiger partial charge in [0.15, 0.2) is 0 Å². The summed E-state index contributed by atoms with van der Waals surface area (Å²) in [6.07, 6.45) is -4.55. The molecule has 2 aromatic rings. The Morgan fingerprint density at radius 2 is 1.60 bits per heavy atom. The maximum absolute atomic E-state index is 12.1. The molecule has 2 rings (SSSR count). The zero-order chi connectivity index (χ0) is 18.4. The van der Waals surface area contributed by atoms with Crippen LogP contribution >= 0.6 is 0 Å². The second-order valence-corrected chi connectivity index (χ2v) is 5.07. The summed E-state index contributed by atoms with van der Waals surface area (Å²) in [6, 6.07) is 11.3. The highest BCUT2D eigenvalue weighted by molar-refractivity contribution is 6.04. The monoisotopic (exact) mass is 352 g/mol. The fraction of sp³-hybridized carbons (Fsp3) is 0.176. The molecule has 0 spiro atoms. The molecule has 0 aliphatic rings. The van der Waals surface area contributed by atoms with E-state index in [1.165, 1.54) is 12.1 Å². The van der Waals surface area contributed by atoms with Crippen LogP contribution in [-0.4, -0.2) is 25.2 Å². The van der Waals surface area contributed by atoms with Crippen LogP contribution in [0.5, 0.6) is 5.75 Å². The van der Waals surface area contributed by atoms with Crippen molar-refractivity contribution in [1.29, 1.82) is 0 Å². The van der Waals surface area contributed by atoms with Crippen molar-refractivity contribution < 1.29 is 27.5 Å². The van der Waals surface area contributed by atoms with Gasteiger partial charge in [-0.15, -0.1) is 13.2 Å². The Kier molecular flexibility index (Phi) is 5.63. The number of hydrogen-bond donors (Lipinski definition) is 2. The summed E-state index contributed by atoms with van der Waals surface area (Å²) in [5.74, 6) is -1.00. The number of rotatable bonds is 5. The van der Waals surface area contributed by atoms with Crippen LogP contribution in [0.3, 0.4) is 0 Å². The smallest absolute Gasteiger partial charge is 0.406 e.